The number of fused-ring (bicyclic) bond motifs is 1. The van der Waals surface area contributed by atoms with Crippen molar-refractivity contribution < 1.29 is 4.79 Å². The summed E-state index contributed by atoms with van der Waals surface area (Å²) in [6, 6.07) is 6.35. The van der Waals surface area contributed by atoms with E-state index in [0.29, 0.717) is 0 Å². The number of nitrogens with zero attached hydrogens (tertiary/aromatic N) is 2. The van der Waals surface area contributed by atoms with Crippen LogP contribution in [-0.4, -0.2) is 50.2 Å². The Balaban J connectivity index is 1.83. The van der Waals surface area contributed by atoms with Crippen molar-refractivity contribution in [1.29, 1.82) is 0 Å². The molecule has 2 saturated heterocycles. The lowest BCUT2D eigenvalue weighted by molar-refractivity contribution is 0.197. The van der Waals surface area contributed by atoms with Gasteiger partial charge in [0.05, 0.1) is 6.04 Å². The zero-order valence-corrected chi connectivity index (χ0v) is 12.3. The number of amides is 2. The number of anilines is 1. The molecule has 1 atom stereocenters. The molecule has 20 heavy (non-hydrogen) atoms. The van der Waals surface area contributed by atoms with Gasteiger partial charge >= 0.3 is 6.03 Å². The van der Waals surface area contributed by atoms with E-state index in [4.69, 9.17) is 11.6 Å². The van der Waals surface area contributed by atoms with Gasteiger partial charge in [-0.3, -0.25) is 0 Å². The molecule has 0 spiro atoms. The average Bonchev–Trinajstić information content (AvgIpc) is 2.82. The molecular weight excluding hydrogens is 276 g/mol. The minimum Gasteiger partial charge on any atom is -0.367 e. The predicted molar refractivity (Wildman–Crippen MR) is 80.3 cm³/mol. The summed E-state index contributed by atoms with van der Waals surface area (Å²) in [4.78, 5) is 15.9. The fourth-order valence-electron chi connectivity index (χ4n) is 3.02. The van der Waals surface area contributed by atoms with Gasteiger partial charge in [-0.15, -0.1) is 0 Å². The molecule has 0 bridgehead atoms. The summed E-state index contributed by atoms with van der Waals surface area (Å²) >= 11 is 6.32. The Kier molecular flexibility index (Phi) is 3.72. The molecule has 1 aromatic carbocycles. The number of nitrogens with one attached hydrogen (secondary N) is 2. The molecule has 5 nitrogen and oxygen atoms in total. The van der Waals surface area contributed by atoms with E-state index < -0.39 is 0 Å². The second-order valence-electron chi connectivity index (χ2n) is 5.25. The first-order valence-corrected chi connectivity index (χ1v) is 7.30. The first-order valence-electron chi connectivity index (χ1n) is 6.92. The van der Waals surface area contributed by atoms with Gasteiger partial charge in [0.15, 0.2) is 0 Å². The monoisotopic (exact) mass is 294 g/mol. The van der Waals surface area contributed by atoms with Crippen LogP contribution in [-0.2, 0) is 6.54 Å². The van der Waals surface area contributed by atoms with Crippen LogP contribution in [0.25, 0.3) is 0 Å². The highest BCUT2D eigenvalue weighted by Crippen LogP contribution is 2.29. The van der Waals surface area contributed by atoms with Crippen molar-refractivity contribution in [3.05, 3.63) is 28.8 Å². The van der Waals surface area contributed by atoms with Gasteiger partial charge in [0, 0.05) is 49.0 Å². The fourth-order valence-corrected chi connectivity index (χ4v) is 3.25. The van der Waals surface area contributed by atoms with Crippen molar-refractivity contribution in [3.8, 4) is 0 Å². The Bertz CT molecular complexity index is 522. The van der Waals surface area contributed by atoms with Gasteiger partial charge < -0.3 is 20.4 Å². The molecular formula is C14H19ClN4O. The number of carbonyl (C=O) groups excluding carboxylic acids is 1. The molecule has 2 N–H and O–H groups in total. The Morgan fingerprint density at radius 3 is 3.10 bits per heavy atom. The van der Waals surface area contributed by atoms with Crippen molar-refractivity contribution in [2.75, 3.05) is 38.1 Å². The number of hydrogen-bond donors (Lipinski definition) is 2. The van der Waals surface area contributed by atoms with E-state index in [1.165, 1.54) is 5.69 Å². The van der Waals surface area contributed by atoms with Crippen LogP contribution in [0.3, 0.4) is 0 Å². The fraction of sp³-hybridized carbons (Fsp3) is 0.500. The minimum atomic E-state index is 0.0659. The smallest absolute Gasteiger partial charge is 0.317 e. The summed E-state index contributed by atoms with van der Waals surface area (Å²) in [5.41, 5.74) is 2.30. The third kappa shape index (κ3) is 2.31. The standard InChI is InChI=1S/C14H19ClN4O/c1-16-8-11-12(15)3-2-4-13(11)18-5-6-19-10(9-18)7-17-14(19)20/h2-4,10,16H,5-9H2,1H3,(H,17,20). The second-order valence-corrected chi connectivity index (χ2v) is 5.65. The highest BCUT2D eigenvalue weighted by Gasteiger charge is 2.35. The molecule has 0 radical (unpaired) electrons. The normalized spacial score (nSPS) is 21.9. The summed E-state index contributed by atoms with van der Waals surface area (Å²) in [5, 5.41) is 6.87. The highest BCUT2D eigenvalue weighted by atomic mass is 35.5. The lowest BCUT2D eigenvalue weighted by Gasteiger charge is -2.38. The molecule has 2 heterocycles. The third-order valence-corrected chi connectivity index (χ3v) is 4.37. The second kappa shape index (κ2) is 5.50. The van der Waals surface area contributed by atoms with Gasteiger partial charge in [0.1, 0.15) is 0 Å². The first kappa shape index (κ1) is 13.5. The van der Waals surface area contributed by atoms with E-state index in [9.17, 15) is 4.79 Å². The van der Waals surface area contributed by atoms with Crippen LogP contribution in [0.1, 0.15) is 5.56 Å². The third-order valence-electron chi connectivity index (χ3n) is 4.02. The Morgan fingerprint density at radius 1 is 1.45 bits per heavy atom. The summed E-state index contributed by atoms with van der Waals surface area (Å²) in [6.45, 7) is 3.95. The lowest BCUT2D eigenvalue weighted by atomic mass is 10.1. The molecule has 0 aliphatic carbocycles. The number of urea groups is 1. The van der Waals surface area contributed by atoms with Crippen molar-refractivity contribution in [2.24, 2.45) is 0 Å². The zero-order chi connectivity index (χ0) is 14.1. The lowest BCUT2D eigenvalue weighted by Crippen LogP contribution is -2.52. The first-order chi connectivity index (χ1) is 9.70. The molecule has 1 aromatic rings. The number of piperazine rings is 1. The summed E-state index contributed by atoms with van der Waals surface area (Å²) in [6.07, 6.45) is 0. The summed E-state index contributed by atoms with van der Waals surface area (Å²) < 4.78 is 0. The topological polar surface area (TPSA) is 47.6 Å². The summed E-state index contributed by atoms with van der Waals surface area (Å²) in [7, 11) is 1.92. The van der Waals surface area contributed by atoms with Gasteiger partial charge in [0.25, 0.3) is 0 Å². The van der Waals surface area contributed by atoms with Crippen molar-refractivity contribution in [1.82, 2.24) is 15.5 Å². The van der Waals surface area contributed by atoms with Gasteiger partial charge in [0.2, 0.25) is 0 Å². The van der Waals surface area contributed by atoms with Gasteiger partial charge in [-0.1, -0.05) is 17.7 Å². The van der Waals surface area contributed by atoms with Crippen LogP contribution in [0, 0.1) is 0 Å². The van der Waals surface area contributed by atoms with Crippen LogP contribution in [0.4, 0.5) is 10.5 Å². The van der Waals surface area contributed by atoms with Crippen LogP contribution in [0.2, 0.25) is 5.02 Å². The molecule has 6 heteroatoms. The SMILES string of the molecule is CNCc1c(Cl)cccc1N1CCN2C(=O)NCC2C1. The number of benzene rings is 1. The molecule has 3 rings (SSSR count). The molecule has 2 aliphatic rings. The maximum atomic E-state index is 11.6. The van der Waals surface area contributed by atoms with Crippen LogP contribution in [0.15, 0.2) is 18.2 Å². The molecule has 108 valence electrons. The predicted octanol–water partition coefficient (Wildman–Crippen LogP) is 1.27. The maximum Gasteiger partial charge on any atom is 0.317 e. The quantitative estimate of drug-likeness (QED) is 0.883. The minimum absolute atomic E-state index is 0.0659. The number of hydrogen-bond acceptors (Lipinski definition) is 3. The Hall–Kier alpha value is -1.46. The van der Waals surface area contributed by atoms with Crippen LogP contribution < -0.4 is 15.5 Å². The number of carbonyl (C=O) groups is 1. The van der Waals surface area contributed by atoms with E-state index in [2.05, 4.69) is 21.6 Å². The Labute approximate surface area is 123 Å². The summed E-state index contributed by atoms with van der Waals surface area (Å²) in [5.74, 6) is 0. The highest BCUT2D eigenvalue weighted by molar-refractivity contribution is 6.31. The molecule has 2 fully saturated rings. The largest absolute Gasteiger partial charge is 0.367 e. The van der Waals surface area contributed by atoms with Crippen molar-refractivity contribution in [2.45, 2.75) is 12.6 Å². The zero-order valence-electron chi connectivity index (χ0n) is 11.5. The number of halogens is 1. The van der Waals surface area contributed by atoms with E-state index in [0.717, 1.165) is 43.3 Å². The van der Waals surface area contributed by atoms with Gasteiger partial charge in [-0.2, -0.15) is 0 Å². The van der Waals surface area contributed by atoms with Crippen molar-refractivity contribution in [3.63, 3.8) is 0 Å². The van der Waals surface area contributed by atoms with Crippen LogP contribution in [0.5, 0.6) is 0 Å². The Morgan fingerprint density at radius 2 is 2.30 bits per heavy atom. The number of rotatable bonds is 3. The molecule has 1 unspecified atom stereocenters. The molecule has 0 saturated carbocycles. The maximum absolute atomic E-state index is 11.6. The van der Waals surface area contributed by atoms with E-state index in [-0.39, 0.29) is 12.1 Å². The molecule has 0 aromatic heterocycles. The van der Waals surface area contributed by atoms with E-state index >= 15 is 0 Å². The van der Waals surface area contributed by atoms with Crippen LogP contribution >= 0.6 is 11.6 Å². The van der Waals surface area contributed by atoms with Gasteiger partial charge in [-0.25, -0.2) is 4.79 Å². The molecule has 2 amide bonds. The van der Waals surface area contributed by atoms with Crippen molar-refractivity contribution >= 4 is 23.3 Å². The van der Waals surface area contributed by atoms with Gasteiger partial charge in [-0.05, 0) is 19.2 Å². The van der Waals surface area contributed by atoms with E-state index in [1.807, 2.05) is 24.1 Å². The van der Waals surface area contributed by atoms with E-state index in [1.54, 1.807) is 0 Å². The molecule has 2 aliphatic heterocycles. The average molecular weight is 295 g/mol.